The highest BCUT2D eigenvalue weighted by molar-refractivity contribution is 7.14. The van der Waals surface area contributed by atoms with Gasteiger partial charge in [-0.2, -0.15) is 0 Å². The first-order valence-corrected chi connectivity index (χ1v) is 7.27. The maximum Gasteiger partial charge on any atom is 0.275 e. The molecule has 1 aromatic heterocycles. The van der Waals surface area contributed by atoms with E-state index in [-0.39, 0.29) is 24.2 Å². The fourth-order valence-corrected chi connectivity index (χ4v) is 3.16. The molecule has 6 heteroatoms. The lowest BCUT2D eigenvalue weighted by molar-refractivity contribution is -0.105. The van der Waals surface area contributed by atoms with Crippen molar-refractivity contribution in [2.45, 2.75) is 51.6 Å². The normalized spacial score (nSPS) is 27.2. The van der Waals surface area contributed by atoms with Crippen molar-refractivity contribution in [3.05, 3.63) is 21.9 Å². The molecule has 106 valence electrons. The standard InChI is InChI=1S/C13H20N2O3S/c1-8-5-10(6-9(2)18-8)17-7-11-3-4-12(19-11)13(16)15-14/h3-4,8-10H,5-7,14H2,1-2H3,(H,15,16). The van der Waals surface area contributed by atoms with Crippen LogP contribution in [0.3, 0.4) is 0 Å². The van der Waals surface area contributed by atoms with Crippen LogP contribution < -0.4 is 11.3 Å². The Morgan fingerprint density at radius 2 is 2.16 bits per heavy atom. The monoisotopic (exact) mass is 284 g/mol. The minimum atomic E-state index is -0.260. The molecular weight excluding hydrogens is 264 g/mol. The Bertz CT molecular complexity index is 425. The van der Waals surface area contributed by atoms with Gasteiger partial charge in [-0.3, -0.25) is 10.2 Å². The molecule has 1 aromatic rings. The van der Waals surface area contributed by atoms with Crippen molar-refractivity contribution in [3.8, 4) is 0 Å². The van der Waals surface area contributed by atoms with Crippen LogP contribution >= 0.6 is 11.3 Å². The van der Waals surface area contributed by atoms with Gasteiger partial charge in [0.1, 0.15) is 0 Å². The zero-order valence-corrected chi connectivity index (χ0v) is 12.0. The minimum Gasteiger partial charge on any atom is -0.375 e. The number of nitrogen functional groups attached to an aromatic ring is 1. The van der Waals surface area contributed by atoms with Gasteiger partial charge in [0, 0.05) is 4.88 Å². The smallest absolute Gasteiger partial charge is 0.275 e. The first kappa shape index (κ1) is 14.5. The van der Waals surface area contributed by atoms with Crippen LogP contribution in [-0.4, -0.2) is 24.2 Å². The molecule has 2 heterocycles. The Morgan fingerprint density at radius 1 is 1.47 bits per heavy atom. The second kappa shape index (κ2) is 6.47. The summed E-state index contributed by atoms with van der Waals surface area (Å²) < 4.78 is 11.6. The number of thiophene rings is 1. The number of hydrogen-bond acceptors (Lipinski definition) is 5. The minimum absolute atomic E-state index is 0.229. The van der Waals surface area contributed by atoms with E-state index < -0.39 is 0 Å². The summed E-state index contributed by atoms with van der Waals surface area (Å²) in [6.45, 7) is 4.67. The summed E-state index contributed by atoms with van der Waals surface area (Å²) in [6, 6.07) is 3.67. The number of carbonyl (C=O) groups excluding carboxylic acids is 1. The lowest BCUT2D eigenvalue weighted by atomic mass is 10.0. The predicted octanol–water partition coefficient (Wildman–Crippen LogP) is 1.82. The van der Waals surface area contributed by atoms with Gasteiger partial charge >= 0.3 is 0 Å². The van der Waals surface area contributed by atoms with E-state index in [0.717, 1.165) is 17.7 Å². The molecule has 2 atom stereocenters. The highest BCUT2D eigenvalue weighted by atomic mass is 32.1. The van der Waals surface area contributed by atoms with Crippen LogP contribution in [0.25, 0.3) is 0 Å². The number of hydrazine groups is 1. The van der Waals surface area contributed by atoms with E-state index in [0.29, 0.717) is 11.5 Å². The number of hydrogen-bond donors (Lipinski definition) is 2. The van der Waals surface area contributed by atoms with E-state index in [4.69, 9.17) is 15.3 Å². The van der Waals surface area contributed by atoms with Crippen molar-refractivity contribution in [1.82, 2.24) is 5.43 Å². The highest BCUT2D eigenvalue weighted by Crippen LogP contribution is 2.24. The van der Waals surface area contributed by atoms with Crippen LogP contribution in [0, 0.1) is 0 Å². The van der Waals surface area contributed by atoms with Crippen LogP contribution in [0.1, 0.15) is 41.2 Å². The Morgan fingerprint density at radius 3 is 2.79 bits per heavy atom. The molecule has 1 saturated heterocycles. The third-order valence-corrected chi connectivity index (χ3v) is 4.19. The zero-order valence-electron chi connectivity index (χ0n) is 11.2. The number of nitrogens with two attached hydrogens (primary N) is 1. The van der Waals surface area contributed by atoms with Crippen molar-refractivity contribution in [1.29, 1.82) is 0 Å². The Kier molecular flexibility index (Phi) is 4.93. The summed E-state index contributed by atoms with van der Waals surface area (Å²) in [7, 11) is 0. The van der Waals surface area contributed by atoms with Gasteiger partial charge in [0.15, 0.2) is 0 Å². The van der Waals surface area contributed by atoms with Crippen LogP contribution in [-0.2, 0) is 16.1 Å². The molecule has 5 nitrogen and oxygen atoms in total. The number of ether oxygens (including phenoxy) is 2. The number of carbonyl (C=O) groups is 1. The summed E-state index contributed by atoms with van der Waals surface area (Å²) >= 11 is 1.41. The van der Waals surface area contributed by atoms with E-state index in [2.05, 4.69) is 19.3 Å². The molecule has 0 bridgehead atoms. The van der Waals surface area contributed by atoms with Gasteiger partial charge < -0.3 is 9.47 Å². The van der Waals surface area contributed by atoms with Crippen LogP contribution in [0.2, 0.25) is 0 Å². The molecule has 0 saturated carbocycles. The highest BCUT2D eigenvalue weighted by Gasteiger charge is 2.25. The summed E-state index contributed by atoms with van der Waals surface area (Å²) in [5, 5.41) is 0. The predicted molar refractivity (Wildman–Crippen MR) is 73.8 cm³/mol. The molecule has 1 fully saturated rings. The van der Waals surface area contributed by atoms with Gasteiger partial charge in [0.05, 0.1) is 29.8 Å². The first-order valence-electron chi connectivity index (χ1n) is 6.45. The second-order valence-electron chi connectivity index (χ2n) is 4.90. The Labute approximate surface area is 117 Å². The van der Waals surface area contributed by atoms with Crippen LogP contribution in [0.5, 0.6) is 0 Å². The van der Waals surface area contributed by atoms with Gasteiger partial charge in [0.2, 0.25) is 0 Å². The summed E-state index contributed by atoms with van der Waals surface area (Å²) in [5.41, 5.74) is 2.13. The topological polar surface area (TPSA) is 73.6 Å². The van der Waals surface area contributed by atoms with E-state index in [9.17, 15) is 4.79 Å². The molecule has 3 N–H and O–H groups in total. The van der Waals surface area contributed by atoms with Gasteiger partial charge in [0.25, 0.3) is 5.91 Å². The van der Waals surface area contributed by atoms with Gasteiger partial charge in [-0.05, 0) is 38.8 Å². The molecule has 19 heavy (non-hydrogen) atoms. The molecule has 0 radical (unpaired) electrons. The molecule has 0 aromatic carbocycles. The molecule has 1 aliphatic heterocycles. The molecule has 2 unspecified atom stereocenters. The number of amides is 1. The quantitative estimate of drug-likeness (QED) is 0.502. The van der Waals surface area contributed by atoms with Crippen LogP contribution in [0.15, 0.2) is 12.1 Å². The van der Waals surface area contributed by atoms with Crippen molar-refractivity contribution in [2.75, 3.05) is 0 Å². The van der Waals surface area contributed by atoms with Gasteiger partial charge in [-0.15, -0.1) is 11.3 Å². The molecule has 2 rings (SSSR count). The molecule has 1 aliphatic rings. The summed E-state index contributed by atoms with van der Waals surface area (Å²) in [4.78, 5) is 13.0. The van der Waals surface area contributed by atoms with Crippen molar-refractivity contribution >= 4 is 17.2 Å². The van der Waals surface area contributed by atoms with E-state index in [1.165, 1.54) is 11.3 Å². The Balaban J connectivity index is 1.85. The van der Waals surface area contributed by atoms with E-state index in [1.54, 1.807) is 6.07 Å². The third kappa shape index (κ3) is 4.01. The maximum absolute atomic E-state index is 11.3. The summed E-state index contributed by atoms with van der Waals surface area (Å²) in [6.07, 6.45) is 2.57. The van der Waals surface area contributed by atoms with Gasteiger partial charge in [-0.25, -0.2) is 5.84 Å². The Hall–Kier alpha value is -0.950. The number of nitrogens with one attached hydrogen (secondary N) is 1. The largest absolute Gasteiger partial charge is 0.375 e. The fourth-order valence-electron chi connectivity index (χ4n) is 2.33. The first-order chi connectivity index (χ1) is 9.08. The molecule has 1 amide bonds. The SMILES string of the molecule is CC1CC(OCc2ccc(C(=O)NN)s2)CC(C)O1. The van der Waals surface area contributed by atoms with E-state index >= 15 is 0 Å². The number of rotatable bonds is 4. The van der Waals surface area contributed by atoms with Crippen molar-refractivity contribution in [2.24, 2.45) is 5.84 Å². The van der Waals surface area contributed by atoms with Crippen molar-refractivity contribution in [3.63, 3.8) is 0 Å². The lowest BCUT2D eigenvalue weighted by Crippen LogP contribution is -2.33. The summed E-state index contributed by atoms with van der Waals surface area (Å²) in [5.74, 6) is 4.84. The van der Waals surface area contributed by atoms with Crippen LogP contribution in [0.4, 0.5) is 0 Å². The second-order valence-corrected chi connectivity index (χ2v) is 6.07. The molecule has 0 aliphatic carbocycles. The van der Waals surface area contributed by atoms with E-state index in [1.807, 2.05) is 6.07 Å². The van der Waals surface area contributed by atoms with Crippen molar-refractivity contribution < 1.29 is 14.3 Å². The maximum atomic E-state index is 11.3. The molecular formula is C13H20N2O3S. The average molecular weight is 284 g/mol. The average Bonchev–Trinajstić information content (AvgIpc) is 2.83. The third-order valence-electron chi connectivity index (χ3n) is 3.13. The lowest BCUT2D eigenvalue weighted by Gasteiger charge is -2.31. The fraction of sp³-hybridized carbons (Fsp3) is 0.615. The molecule has 0 spiro atoms. The van der Waals surface area contributed by atoms with Gasteiger partial charge in [-0.1, -0.05) is 0 Å². The zero-order chi connectivity index (χ0) is 13.8.